The summed E-state index contributed by atoms with van der Waals surface area (Å²) in [4.78, 5) is 22.5. The van der Waals surface area contributed by atoms with Crippen LogP contribution in [0, 0.1) is 0 Å². The molecule has 0 aromatic carbocycles. The summed E-state index contributed by atoms with van der Waals surface area (Å²) < 4.78 is 0.0375. The van der Waals surface area contributed by atoms with Crippen LogP contribution in [-0.2, 0) is 9.59 Å². The van der Waals surface area contributed by atoms with Crippen molar-refractivity contribution in [1.29, 1.82) is 0 Å². The van der Waals surface area contributed by atoms with E-state index in [2.05, 4.69) is 39.9 Å². The Kier molecular flexibility index (Phi) is 11.2. The molecule has 1 N–H and O–H groups in total. The molecule has 22 heavy (non-hydrogen) atoms. The number of rotatable bonds is 11. The zero-order chi connectivity index (χ0) is 17.2. The molecule has 0 heterocycles. The van der Waals surface area contributed by atoms with Crippen LogP contribution < -0.4 is 5.32 Å². The maximum Gasteiger partial charge on any atom is 0.220 e. The third kappa shape index (κ3) is 15.2. The molecule has 0 saturated carbocycles. The van der Waals surface area contributed by atoms with E-state index in [0.717, 1.165) is 33.5 Å². The van der Waals surface area contributed by atoms with E-state index in [1.54, 1.807) is 21.6 Å². The standard InChI is InChI=1S/C15H29BNO2PS2/c1-14(2,3)20-11-17-13(19)7-6-10-21-22-15(4,5)9-8-12(16)18/h20H,6-11H2,1-5H3,(H,17,19). The second-order valence-electron chi connectivity index (χ2n) is 6.94. The van der Waals surface area contributed by atoms with Crippen LogP contribution >= 0.6 is 30.2 Å². The van der Waals surface area contributed by atoms with Crippen molar-refractivity contribution in [3.63, 3.8) is 0 Å². The third-order valence-electron chi connectivity index (χ3n) is 2.79. The van der Waals surface area contributed by atoms with Gasteiger partial charge in [-0.05, 0) is 38.3 Å². The van der Waals surface area contributed by atoms with Gasteiger partial charge >= 0.3 is 0 Å². The monoisotopic (exact) mass is 361 g/mol. The zero-order valence-corrected chi connectivity index (χ0v) is 17.1. The first-order valence-electron chi connectivity index (χ1n) is 7.62. The van der Waals surface area contributed by atoms with E-state index in [1.165, 1.54) is 0 Å². The van der Waals surface area contributed by atoms with Gasteiger partial charge in [-0.25, -0.2) is 0 Å². The lowest BCUT2D eigenvalue weighted by Gasteiger charge is -2.22. The van der Waals surface area contributed by atoms with Crippen LogP contribution in [-0.4, -0.2) is 41.4 Å². The predicted octanol–water partition coefficient (Wildman–Crippen LogP) is 3.95. The van der Waals surface area contributed by atoms with Crippen molar-refractivity contribution in [3.8, 4) is 0 Å². The van der Waals surface area contributed by atoms with Crippen molar-refractivity contribution in [3.05, 3.63) is 0 Å². The Labute approximate surface area is 146 Å². The fraction of sp³-hybridized carbons (Fsp3) is 0.867. The minimum absolute atomic E-state index is 0.0375. The first-order valence-corrected chi connectivity index (χ1v) is 11.2. The molecule has 0 aromatic rings. The molecule has 0 aliphatic rings. The Hall–Kier alpha value is 0.335. The Morgan fingerprint density at radius 2 is 1.77 bits per heavy atom. The van der Waals surface area contributed by atoms with Crippen molar-refractivity contribution in [2.75, 3.05) is 12.0 Å². The largest absolute Gasteiger partial charge is 0.352 e. The Morgan fingerprint density at radius 1 is 1.14 bits per heavy atom. The lowest BCUT2D eigenvalue weighted by atomic mass is 9.94. The number of hydrogen-bond acceptors (Lipinski definition) is 4. The van der Waals surface area contributed by atoms with Gasteiger partial charge in [0.2, 0.25) is 5.91 Å². The molecule has 0 aliphatic heterocycles. The SMILES string of the molecule is [B]C(=O)CCC(C)(C)SSCCCC(=O)NCPC(C)(C)C. The van der Waals surface area contributed by atoms with Gasteiger partial charge in [-0.1, -0.05) is 50.9 Å². The minimum Gasteiger partial charge on any atom is -0.352 e. The van der Waals surface area contributed by atoms with Crippen molar-refractivity contribution in [2.45, 2.75) is 70.2 Å². The minimum atomic E-state index is -0.244. The second-order valence-corrected chi connectivity index (χ2v) is 12.3. The van der Waals surface area contributed by atoms with Crippen molar-refractivity contribution in [2.24, 2.45) is 0 Å². The number of carbonyl (C=O) groups is 2. The highest BCUT2D eigenvalue weighted by Crippen LogP contribution is 2.39. The van der Waals surface area contributed by atoms with E-state index in [-0.39, 0.29) is 21.5 Å². The van der Waals surface area contributed by atoms with Gasteiger partial charge in [0.25, 0.3) is 0 Å². The van der Waals surface area contributed by atoms with Crippen LogP contribution in [0.4, 0.5) is 0 Å². The third-order valence-corrected chi connectivity index (χ3v) is 7.64. The second kappa shape index (κ2) is 11.0. The summed E-state index contributed by atoms with van der Waals surface area (Å²) in [7, 11) is 9.47. The molecule has 1 unspecified atom stereocenters. The van der Waals surface area contributed by atoms with Crippen LogP contribution in [0.25, 0.3) is 0 Å². The molecule has 2 radical (unpaired) electrons. The highest BCUT2D eigenvalue weighted by atomic mass is 33.1. The molecule has 0 spiro atoms. The Bertz CT molecular complexity index is 360. The van der Waals surface area contributed by atoms with E-state index in [9.17, 15) is 9.59 Å². The molecule has 0 aliphatic carbocycles. The molecule has 0 aromatic heterocycles. The predicted molar refractivity (Wildman–Crippen MR) is 104 cm³/mol. The summed E-state index contributed by atoms with van der Waals surface area (Å²) in [5, 5.41) is 3.27. The van der Waals surface area contributed by atoms with Crippen molar-refractivity contribution >= 4 is 49.6 Å². The maximum atomic E-state index is 11.7. The van der Waals surface area contributed by atoms with E-state index in [4.69, 9.17) is 7.85 Å². The van der Waals surface area contributed by atoms with Gasteiger partial charge in [0.1, 0.15) is 0 Å². The number of amides is 1. The van der Waals surface area contributed by atoms with E-state index in [0.29, 0.717) is 12.8 Å². The summed E-state index contributed by atoms with van der Waals surface area (Å²) in [6.45, 7) is 10.8. The molecule has 126 valence electrons. The quantitative estimate of drug-likeness (QED) is 0.262. The molecule has 7 heteroatoms. The van der Waals surface area contributed by atoms with Crippen molar-refractivity contribution in [1.82, 2.24) is 5.32 Å². The van der Waals surface area contributed by atoms with Gasteiger partial charge in [0.15, 0.2) is 7.85 Å². The number of carbonyl (C=O) groups excluding carboxylic acids is 2. The smallest absolute Gasteiger partial charge is 0.220 e. The van der Waals surface area contributed by atoms with Gasteiger partial charge in [-0.3, -0.25) is 4.79 Å². The molecule has 0 bridgehead atoms. The van der Waals surface area contributed by atoms with Gasteiger partial charge in [0.05, 0.1) is 5.68 Å². The summed E-state index contributed by atoms with van der Waals surface area (Å²) in [5.41, 5.74) is -0.244. The lowest BCUT2D eigenvalue weighted by Crippen LogP contribution is -2.24. The summed E-state index contributed by atoms with van der Waals surface area (Å²) in [6.07, 6.45) is 3.47. The van der Waals surface area contributed by atoms with Gasteiger partial charge in [-0.2, -0.15) is 0 Å². The average molecular weight is 361 g/mol. The number of nitrogens with one attached hydrogen (secondary N) is 1. The highest BCUT2D eigenvalue weighted by Gasteiger charge is 2.19. The first-order chi connectivity index (χ1) is 10.0. The first kappa shape index (κ1) is 22.3. The molecule has 0 rings (SSSR count). The molecule has 0 fully saturated rings. The van der Waals surface area contributed by atoms with Gasteiger partial charge in [0, 0.05) is 23.2 Å². The summed E-state index contributed by atoms with van der Waals surface area (Å²) in [5.74, 6) is 1.09. The molecule has 0 saturated heterocycles. The van der Waals surface area contributed by atoms with Crippen LogP contribution in [0.5, 0.6) is 0 Å². The summed E-state index contributed by atoms with van der Waals surface area (Å²) in [6, 6.07) is 0. The normalized spacial score (nSPS) is 12.8. The van der Waals surface area contributed by atoms with E-state index < -0.39 is 0 Å². The van der Waals surface area contributed by atoms with Crippen molar-refractivity contribution < 1.29 is 9.59 Å². The molecule has 3 nitrogen and oxygen atoms in total. The Morgan fingerprint density at radius 3 is 2.32 bits per heavy atom. The fourth-order valence-electron chi connectivity index (χ4n) is 1.46. The fourth-order valence-corrected chi connectivity index (χ4v) is 4.93. The maximum absolute atomic E-state index is 11.7. The van der Waals surface area contributed by atoms with Crippen LogP contribution in [0.1, 0.15) is 60.3 Å². The zero-order valence-electron chi connectivity index (χ0n) is 14.5. The summed E-state index contributed by atoms with van der Waals surface area (Å²) >= 11 is 0. The molecule has 1 atom stereocenters. The molecule has 1 amide bonds. The van der Waals surface area contributed by atoms with Gasteiger partial charge < -0.3 is 10.1 Å². The number of hydrogen-bond donors (Lipinski definition) is 1. The lowest BCUT2D eigenvalue weighted by molar-refractivity contribution is -0.120. The Balaban J connectivity index is 3.63. The molecular weight excluding hydrogens is 332 g/mol. The van der Waals surface area contributed by atoms with Gasteiger partial charge in [-0.15, -0.1) is 0 Å². The van der Waals surface area contributed by atoms with E-state index in [1.807, 2.05) is 0 Å². The van der Waals surface area contributed by atoms with Crippen LogP contribution in [0.3, 0.4) is 0 Å². The van der Waals surface area contributed by atoms with E-state index >= 15 is 0 Å². The average Bonchev–Trinajstić information content (AvgIpc) is 2.34. The highest BCUT2D eigenvalue weighted by molar-refractivity contribution is 8.77. The topological polar surface area (TPSA) is 46.2 Å². The van der Waals surface area contributed by atoms with Crippen LogP contribution in [0.2, 0.25) is 0 Å². The molecular formula is C15H29BNO2PS2. The van der Waals surface area contributed by atoms with Crippen LogP contribution in [0.15, 0.2) is 0 Å².